The summed E-state index contributed by atoms with van der Waals surface area (Å²) in [6.07, 6.45) is 0. The highest BCUT2D eigenvalue weighted by Gasteiger charge is 2.13. The molecule has 3 rings (SSSR count). The molecule has 0 N–H and O–H groups in total. The Bertz CT molecular complexity index is 983. The topological polar surface area (TPSA) is 68.3 Å². The predicted octanol–water partition coefficient (Wildman–Crippen LogP) is 3.80. The van der Waals surface area contributed by atoms with Gasteiger partial charge in [-0.1, -0.05) is 36.4 Å². The van der Waals surface area contributed by atoms with Crippen LogP contribution in [0.3, 0.4) is 0 Å². The van der Waals surface area contributed by atoms with E-state index in [9.17, 15) is 9.59 Å². The summed E-state index contributed by atoms with van der Waals surface area (Å²) in [6, 6.07) is 20.3. The van der Waals surface area contributed by atoms with Gasteiger partial charge in [-0.15, -0.1) is 0 Å². The minimum atomic E-state index is -0.185. The standard InChI is InChI=1S/C13H13NO2.C10H13NO3/c1-14(16-2)13(15)12-9-5-7-10-6-3-4-8-11(10)12;1-11(14-3)10(12)8-4-6-9(13-2)7-5-8/h3-9H,1-2H3;4-7H,1-3H3. The van der Waals surface area contributed by atoms with Crippen LogP contribution in [0.4, 0.5) is 0 Å². The average molecular weight is 410 g/mol. The van der Waals surface area contributed by atoms with E-state index in [1.165, 1.54) is 24.3 Å². The summed E-state index contributed by atoms with van der Waals surface area (Å²) < 4.78 is 4.98. The zero-order chi connectivity index (χ0) is 22.1. The van der Waals surface area contributed by atoms with Crippen LogP contribution >= 0.6 is 0 Å². The number of carbonyl (C=O) groups is 2. The lowest BCUT2D eigenvalue weighted by Gasteiger charge is -2.14. The molecule has 0 fully saturated rings. The largest absolute Gasteiger partial charge is 0.497 e. The summed E-state index contributed by atoms with van der Waals surface area (Å²) in [6.45, 7) is 0. The number of carbonyl (C=O) groups excluding carboxylic acids is 2. The summed E-state index contributed by atoms with van der Waals surface area (Å²) in [5.41, 5.74) is 1.22. The Morgan fingerprint density at radius 1 is 0.700 bits per heavy atom. The maximum absolute atomic E-state index is 12.0. The molecule has 7 nitrogen and oxygen atoms in total. The maximum Gasteiger partial charge on any atom is 0.277 e. The molecule has 0 radical (unpaired) electrons. The summed E-state index contributed by atoms with van der Waals surface area (Å²) in [7, 11) is 7.67. The highest BCUT2D eigenvalue weighted by molar-refractivity contribution is 6.06. The number of nitrogens with zero attached hydrogens (tertiary/aromatic N) is 2. The molecule has 0 heterocycles. The van der Waals surface area contributed by atoms with E-state index in [2.05, 4.69) is 0 Å². The number of hydroxylamine groups is 4. The first-order valence-corrected chi connectivity index (χ1v) is 9.19. The second-order valence-corrected chi connectivity index (χ2v) is 6.23. The van der Waals surface area contributed by atoms with Crippen LogP contribution in [-0.2, 0) is 9.68 Å². The van der Waals surface area contributed by atoms with E-state index in [4.69, 9.17) is 14.4 Å². The van der Waals surface area contributed by atoms with Crippen LogP contribution < -0.4 is 4.74 Å². The molecule has 7 heteroatoms. The Morgan fingerprint density at radius 3 is 1.87 bits per heavy atom. The highest BCUT2D eigenvalue weighted by Crippen LogP contribution is 2.19. The first-order valence-electron chi connectivity index (χ1n) is 9.19. The summed E-state index contributed by atoms with van der Waals surface area (Å²) in [5, 5.41) is 4.39. The lowest BCUT2D eigenvalue weighted by Crippen LogP contribution is -2.25. The Labute approximate surface area is 176 Å². The summed E-state index contributed by atoms with van der Waals surface area (Å²) >= 11 is 0. The van der Waals surface area contributed by atoms with E-state index in [1.54, 1.807) is 51.5 Å². The Morgan fingerprint density at radius 2 is 1.27 bits per heavy atom. The van der Waals surface area contributed by atoms with Crippen molar-refractivity contribution < 1.29 is 24.0 Å². The van der Waals surface area contributed by atoms with Gasteiger partial charge in [-0.05, 0) is 41.1 Å². The van der Waals surface area contributed by atoms with E-state index in [0.717, 1.165) is 16.5 Å². The monoisotopic (exact) mass is 410 g/mol. The highest BCUT2D eigenvalue weighted by atomic mass is 16.7. The van der Waals surface area contributed by atoms with Crippen LogP contribution in [0.2, 0.25) is 0 Å². The predicted molar refractivity (Wildman–Crippen MR) is 115 cm³/mol. The molecule has 3 aromatic rings. The van der Waals surface area contributed by atoms with Crippen molar-refractivity contribution in [1.82, 2.24) is 10.1 Å². The van der Waals surface area contributed by atoms with Crippen molar-refractivity contribution in [3.05, 3.63) is 77.9 Å². The fraction of sp³-hybridized carbons (Fsp3) is 0.217. The molecular weight excluding hydrogens is 384 g/mol. The molecule has 0 aliphatic heterocycles. The number of rotatable bonds is 5. The molecule has 158 valence electrons. The number of methoxy groups -OCH3 is 1. The van der Waals surface area contributed by atoms with Crippen LogP contribution in [0.5, 0.6) is 5.75 Å². The third-order valence-electron chi connectivity index (χ3n) is 4.48. The Balaban J connectivity index is 0.000000216. The van der Waals surface area contributed by atoms with Crippen molar-refractivity contribution in [2.45, 2.75) is 0 Å². The van der Waals surface area contributed by atoms with Gasteiger partial charge in [-0.25, -0.2) is 10.1 Å². The van der Waals surface area contributed by atoms with Gasteiger partial charge in [0.2, 0.25) is 0 Å². The molecule has 0 unspecified atom stereocenters. The molecule has 2 amide bonds. The molecule has 30 heavy (non-hydrogen) atoms. The Hall–Kier alpha value is -3.42. The van der Waals surface area contributed by atoms with Crippen molar-refractivity contribution in [2.24, 2.45) is 0 Å². The molecule has 0 aliphatic rings. The van der Waals surface area contributed by atoms with Gasteiger partial charge >= 0.3 is 0 Å². The van der Waals surface area contributed by atoms with Gasteiger partial charge in [-0.2, -0.15) is 0 Å². The van der Waals surface area contributed by atoms with Gasteiger partial charge in [-0.3, -0.25) is 19.3 Å². The normalized spacial score (nSPS) is 10.0. The first-order chi connectivity index (χ1) is 14.4. The molecule has 0 saturated heterocycles. The third-order valence-corrected chi connectivity index (χ3v) is 4.48. The van der Waals surface area contributed by atoms with Gasteiger partial charge < -0.3 is 4.74 Å². The smallest absolute Gasteiger partial charge is 0.277 e. The second kappa shape index (κ2) is 10.9. The van der Waals surface area contributed by atoms with Crippen molar-refractivity contribution in [1.29, 1.82) is 0 Å². The third kappa shape index (κ3) is 5.56. The van der Waals surface area contributed by atoms with Gasteiger partial charge in [0.1, 0.15) is 5.75 Å². The zero-order valence-electron chi connectivity index (χ0n) is 17.8. The lowest BCUT2D eigenvalue weighted by atomic mass is 10.0. The second-order valence-electron chi connectivity index (χ2n) is 6.23. The van der Waals surface area contributed by atoms with Gasteiger partial charge in [0.25, 0.3) is 11.8 Å². The number of ether oxygens (including phenoxy) is 1. The van der Waals surface area contributed by atoms with E-state index < -0.39 is 0 Å². The number of hydrogen-bond acceptors (Lipinski definition) is 5. The quantitative estimate of drug-likeness (QED) is 0.599. The van der Waals surface area contributed by atoms with Crippen molar-refractivity contribution in [2.75, 3.05) is 35.4 Å². The fourth-order valence-corrected chi connectivity index (χ4v) is 2.66. The van der Waals surface area contributed by atoms with Gasteiger partial charge in [0, 0.05) is 25.2 Å². The maximum atomic E-state index is 12.0. The SMILES string of the molecule is CON(C)C(=O)c1cccc2ccccc12.COc1ccc(C(=O)N(C)OC)cc1. The minimum absolute atomic E-state index is 0.140. The van der Waals surface area contributed by atoms with Crippen LogP contribution in [0.25, 0.3) is 10.8 Å². The minimum Gasteiger partial charge on any atom is -0.497 e. The fourth-order valence-electron chi connectivity index (χ4n) is 2.66. The van der Waals surface area contributed by atoms with Crippen molar-refractivity contribution >= 4 is 22.6 Å². The molecular formula is C23H26N2O5. The number of fused-ring (bicyclic) bond motifs is 1. The van der Waals surface area contributed by atoms with Gasteiger partial charge in [0.05, 0.1) is 21.3 Å². The van der Waals surface area contributed by atoms with Crippen LogP contribution in [0.15, 0.2) is 66.7 Å². The van der Waals surface area contributed by atoms with Crippen LogP contribution in [-0.4, -0.2) is 57.4 Å². The van der Waals surface area contributed by atoms with Crippen molar-refractivity contribution in [3.63, 3.8) is 0 Å². The molecule has 0 spiro atoms. The molecule has 0 aromatic heterocycles. The number of amides is 2. The molecule has 0 aliphatic carbocycles. The zero-order valence-corrected chi connectivity index (χ0v) is 17.8. The van der Waals surface area contributed by atoms with Crippen molar-refractivity contribution in [3.8, 4) is 5.75 Å². The summed E-state index contributed by atoms with van der Waals surface area (Å²) in [5.74, 6) is 0.399. The molecule has 0 atom stereocenters. The van der Waals surface area contributed by atoms with Crippen LogP contribution in [0.1, 0.15) is 20.7 Å². The van der Waals surface area contributed by atoms with Crippen LogP contribution in [0, 0.1) is 0 Å². The molecule has 0 bridgehead atoms. The Kier molecular flexibility index (Phi) is 8.34. The van der Waals surface area contributed by atoms with E-state index in [1.807, 2.05) is 36.4 Å². The van der Waals surface area contributed by atoms with E-state index >= 15 is 0 Å². The first kappa shape index (κ1) is 22.9. The van der Waals surface area contributed by atoms with Gasteiger partial charge in [0.15, 0.2) is 0 Å². The number of benzene rings is 3. The lowest BCUT2D eigenvalue weighted by molar-refractivity contribution is -0.0757. The molecule has 0 saturated carbocycles. The number of hydrogen-bond donors (Lipinski definition) is 0. The average Bonchev–Trinajstić information content (AvgIpc) is 2.82. The summed E-state index contributed by atoms with van der Waals surface area (Å²) in [4.78, 5) is 33.2. The van der Waals surface area contributed by atoms with E-state index in [0.29, 0.717) is 11.1 Å². The molecule has 3 aromatic carbocycles. The van der Waals surface area contributed by atoms with E-state index in [-0.39, 0.29) is 11.8 Å².